The lowest BCUT2D eigenvalue weighted by Crippen LogP contribution is -2.62. The van der Waals surface area contributed by atoms with Crippen molar-refractivity contribution in [2.75, 3.05) is 26.3 Å². The van der Waals surface area contributed by atoms with Crippen LogP contribution in [-0.4, -0.2) is 58.2 Å². The van der Waals surface area contributed by atoms with E-state index in [1.165, 1.54) is 25.7 Å². The van der Waals surface area contributed by atoms with Gasteiger partial charge in [-0.15, -0.1) is 0 Å². The lowest BCUT2D eigenvalue weighted by atomic mass is 9.86. The Morgan fingerprint density at radius 3 is 2.74 bits per heavy atom. The number of rotatable bonds is 6. The van der Waals surface area contributed by atoms with E-state index in [-0.39, 0.29) is 17.5 Å². The number of hydrogen-bond donors (Lipinski definition) is 1. The molecular weight excluding hydrogens is 292 g/mol. The van der Waals surface area contributed by atoms with Gasteiger partial charge in [-0.1, -0.05) is 12.8 Å². The van der Waals surface area contributed by atoms with Crippen LogP contribution in [0.2, 0.25) is 0 Å². The molecule has 1 aliphatic carbocycles. The quantitative estimate of drug-likeness (QED) is 0.861. The summed E-state index contributed by atoms with van der Waals surface area (Å²) in [7, 11) is 0. The fourth-order valence-electron chi connectivity index (χ4n) is 4.12. The second-order valence-electron chi connectivity index (χ2n) is 6.75. The van der Waals surface area contributed by atoms with Gasteiger partial charge in [-0.25, -0.2) is 4.98 Å². The summed E-state index contributed by atoms with van der Waals surface area (Å²) in [6, 6.07) is 0.179. The second kappa shape index (κ2) is 7.45. The average Bonchev–Trinajstić information content (AvgIpc) is 3.26. The van der Waals surface area contributed by atoms with Gasteiger partial charge in [-0.2, -0.15) is 0 Å². The third kappa shape index (κ3) is 3.75. The number of ether oxygens (including phenoxy) is 1. The molecule has 6 nitrogen and oxygen atoms in total. The third-order valence-corrected chi connectivity index (χ3v) is 5.45. The van der Waals surface area contributed by atoms with Crippen LogP contribution in [0.5, 0.6) is 0 Å². The number of carbonyl (C=O) groups excluding carboxylic acids is 1. The van der Waals surface area contributed by atoms with Crippen LogP contribution < -0.4 is 5.32 Å². The summed E-state index contributed by atoms with van der Waals surface area (Å²) in [5, 5.41) is 3.27. The maximum atomic E-state index is 12.3. The van der Waals surface area contributed by atoms with E-state index in [4.69, 9.17) is 4.74 Å². The van der Waals surface area contributed by atoms with Crippen LogP contribution in [0.4, 0.5) is 0 Å². The standard InChI is InChI=1S/C17H28N4O2/c1-15(19-16(22)4-8-20-9-7-18-14-20)17(5-2-3-6-17)21-10-12-23-13-11-21/h7,9,14-15H,2-6,8,10-13H2,1H3,(H,19,22)/t15-/m0/s1. The first kappa shape index (κ1) is 16.5. The Bertz CT molecular complexity index is 491. The first-order chi connectivity index (χ1) is 11.2. The van der Waals surface area contributed by atoms with E-state index in [1.54, 1.807) is 12.5 Å². The predicted molar refractivity (Wildman–Crippen MR) is 88.0 cm³/mol. The van der Waals surface area contributed by atoms with E-state index in [1.807, 2.05) is 10.8 Å². The number of nitrogens with zero attached hydrogens (tertiary/aromatic N) is 3. The number of aromatic nitrogens is 2. The number of aryl methyl sites for hydroxylation is 1. The normalized spacial score (nSPS) is 22.8. The van der Waals surface area contributed by atoms with Gasteiger partial charge in [0.15, 0.2) is 0 Å². The van der Waals surface area contributed by atoms with E-state index < -0.39 is 0 Å². The maximum absolute atomic E-state index is 12.3. The number of carbonyl (C=O) groups is 1. The highest BCUT2D eigenvalue weighted by Crippen LogP contribution is 2.38. The summed E-state index contributed by atoms with van der Waals surface area (Å²) in [4.78, 5) is 18.9. The van der Waals surface area contributed by atoms with Gasteiger partial charge in [-0.3, -0.25) is 9.69 Å². The zero-order chi connectivity index (χ0) is 16.1. The lowest BCUT2D eigenvalue weighted by molar-refractivity contribution is -0.123. The summed E-state index contributed by atoms with van der Waals surface area (Å²) >= 11 is 0. The first-order valence-electron chi connectivity index (χ1n) is 8.79. The summed E-state index contributed by atoms with van der Waals surface area (Å²) < 4.78 is 7.45. The average molecular weight is 320 g/mol. The van der Waals surface area contributed by atoms with Gasteiger partial charge in [0.1, 0.15) is 0 Å². The highest BCUT2D eigenvalue weighted by Gasteiger charge is 2.44. The monoisotopic (exact) mass is 320 g/mol. The predicted octanol–water partition coefficient (Wildman–Crippen LogP) is 1.42. The zero-order valence-corrected chi connectivity index (χ0v) is 14.0. The van der Waals surface area contributed by atoms with Crippen molar-refractivity contribution < 1.29 is 9.53 Å². The lowest BCUT2D eigenvalue weighted by Gasteiger charge is -2.47. The van der Waals surface area contributed by atoms with Crippen LogP contribution in [0, 0.1) is 0 Å². The molecule has 1 saturated heterocycles. The fraction of sp³-hybridized carbons (Fsp3) is 0.765. The molecule has 128 valence electrons. The highest BCUT2D eigenvalue weighted by atomic mass is 16.5. The molecule has 1 saturated carbocycles. The molecule has 1 aliphatic heterocycles. The highest BCUT2D eigenvalue weighted by molar-refractivity contribution is 5.76. The minimum absolute atomic E-state index is 0.119. The van der Waals surface area contributed by atoms with E-state index >= 15 is 0 Å². The number of morpholine rings is 1. The Morgan fingerprint density at radius 2 is 2.09 bits per heavy atom. The van der Waals surface area contributed by atoms with Crippen LogP contribution in [0.1, 0.15) is 39.0 Å². The molecular formula is C17H28N4O2. The molecule has 0 spiro atoms. The van der Waals surface area contributed by atoms with E-state index in [9.17, 15) is 4.79 Å². The topological polar surface area (TPSA) is 59.4 Å². The molecule has 1 amide bonds. The molecule has 1 aromatic rings. The smallest absolute Gasteiger partial charge is 0.222 e. The van der Waals surface area contributed by atoms with Crippen LogP contribution in [-0.2, 0) is 16.1 Å². The Morgan fingerprint density at radius 1 is 1.35 bits per heavy atom. The molecule has 23 heavy (non-hydrogen) atoms. The van der Waals surface area contributed by atoms with Gasteiger partial charge in [-0.05, 0) is 19.8 Å². The van der Waals surface area contributed by atoms with Crippen LogP contribution in [0.15, 0.2) is 18.7 Å². The molecule has 1 N–H and O–H groups in total. The molecule has 1 aromatic heterocycles. The fourth-order valence-corrected chi connectivity index (χ4v) is 4.12. The Balaban J connectivity index is 1.57. The molecule has 1 atom stereocenters. The zero-order valence-electron chi connectivity index (χ0n) is 14.0. The Kier molecular flexibility index (Phi) is 5.33. The summed E-state index contributed by atoms with van der Waals surface area (Å²) in [5.74, 6) is 0.130. The van der Waals surface area contributed by atoms with E-state index in [0.29, 0.717) is 13.0 Å². The summed E-state index contributed by atoms with van der Waals surface area (Å²) in [6.07, 6.45) is 10.8. The van der Waals surface area contributed by atoms with Crippen LogP contribution in [0.3, 0.4) is 0 Å². The van der Waals surface area contributed by atoms with Crippen molar-refractivity contribution in [1.29, 1.82) is 0 Å². The van der Waals surface area contributed by atoms with Crippen molar-refractivity contribution in [3.05, 3.63) is 18.7 Å². The van der Waals surface area contributed by atoms with Crippen molar-refractivity contribution >= 4 is 5.91 Å². The van der Waals surface area contributed by atoms with Gasteiger partial charge in [0.2, 0.25) is 5.91 Å². The van der Waals surface area contributed by atoms with Crippen molar-refractivity contribution in [2.24, 2.45) is 0 Å². The van der Waals surface area contributed by atoms with Gasteiger partial charge >= 0.3 is 0 Å². The maximum Gasteiger partial charge on any atom is 0.222 e. The SMILES string of the molecule is C[C@H](NC(=O)CCn1ccnc1)C1(N2CCOCC2)CCCC1. The minimum Gasteiger partial charge on any atom is -0.379 e. The van der Waals surface area contributed by atoms with Crippen LogP contribution in [0.25, 0.3) is 0 Å². The number of hydrogen-bond acceptors (Lipinski definition) is 4. The number of nitrogens with one attached hydrogen (secondary N) is 1. The summed E-state index contributed by atoms with van der Waals surface area (Å²) in [5.41, 5.74) is 0.119. The van der Waals surface area contributed by atoms with E-state index in [0.717, 1.165) is 26.3 Å². The van der Waals surface area contributed by atoms with Crippen molar-refractivity contribution in [3.63, 3.8) is 0 Å². The molecule has 0 unspecified atom stereocenters. The number of amides is 1. The van der Waals surface area contributed by atoms with Crippen molar-refractivity contribution in [2.45, 2.75) is 57.2 Å². The largest absolute Gasteiger partial charge is 0.379 e. The van der Waals surface area contributed by atoms with Gasteiger partial charge < -0.3 is 14.6 Å². The molecule has 2 heterocycles. The van der Waals surface area contributed by atoms with Gasteiger partial charge in [0, 0.05) is 50.0 Å². The van der Waals surface area contributed by atoms with Crippen LogP contribution >= 0.6 is 0 Å². The summed E-state index contributed by atoms with van der Waals surface area (Å²) in [6.45, 7) is 6.44. The first-order valence-corrected chi connectivity index (χ1v) is 8.79. The molecule has 2 fully saturated rings. The van der Waals surface area contributed by atoms with Gasteiger partial charge in [0.05, 0.1) is 19.5 Å². The molecule has 0 bridgehead atoms. The minimum atomic E-state index is 0.119. The Labute approximate surface area is 138 Å². The second-order valence-corrected chi connectivity index (χ2v) is 6.75. The Hall–Kier alpha value is -1.40. The third-order valence-electron chi connectivity index (χ3n) is 5.45. The number of imidazole rings is 1. The van der Waals surface area contributed by atoms with E-state index in [2.05, 4.69) is 22.1 Å². The molecule has 0 aromatic carbocycles. The van der Waals surface area contributed by atoms with Crippen molar-refractivity contribution in [1.82, 2.24) is 19.8 Å². The molecule has 3 rings (SSSR count). The van der Waals surface area contributed by atoms with Gasteiger partial charge in [0.25, 0.3) is 0 Å². The molecule has 0 radical (unpaired) electrons. The molecule has 6 heteroatoms. The molecule has 2 aliphatic rings. The van der Waals surface area contributed by atoms with Crippen molar-refractivity contribution in [3.8, 4) is 0 Å².